The summed E-state index contributed by atoms with van der Waals surface area (Å²) in [5, 5.41) is 19.0. The molecule has 0 amide bonds. The van der Waals surface area contributed by atoms with E-state index in [0.717, 1.165) is 4.47 Å². The van der Waals surface area contributed by atoms with E-state index < -0.39 is 0 Å². The Labute approximate surface area is 156 Å². The molecule has 0 fully saturated rings. The Hall–Kier alpha value is 0.350. The number of rotatable bonds is 0. The topological polar surface area (TPSA) is 40.5 Å². The summed E-state index contributed by atoms with van der Waals surface area (Å²) in [7, 11) is 0. The zero-order valence-corrected chi connectivity index (χ0v) is 16.5. The molecular formula is C12H6Br3Cl3O2. The summed E-state index contributed by atoms with van der Waals surface area (Å²) < 4.78 is 2.27. The van der Waals surface area contributed by atoms with E-state index in [1.807, 2.05) is 0 Å². The maximum Gasteiger partial charge on any atom is 0.152 e. The highest BCUT2D eigenvalue weighted by Gasteiger charge is 2.04. The zero-order chi connectivity index (χ0) is 15.4. The minimum Gasteiger partial charge on any atom is -0.506 e. The number of phenolic OH excluding ortho intramolecular Hbond substituents is 2. The van der Waals surface area contributed by atoms with E-state index in [1.54, 1.807) is 12.1 Å². The Kier molecular flexibility index (Phi) is 7.46. The summed E-state index contributed by atoms with van der Waals surface area (Å²) in [5.74, 6) is 0.0935. The molecule has 0 spiro atoms. The average molecular weight is 528 g/mol. The fourth-order valence-electron chi connectivity index (χ4n) is 1.07. The highest BCUT2D eigenvalue weighted by molar-refractivity contribution is 9.11. The molecular weight excluding hydrogens is 522 g/mol. The first-order valence-corrected chi connectivity index (χ1v) is 8.40. The van der Waals surface area contributed by atoms with E-state index in [1.165, 1.54) is 12.1 Å². The van der Waals surface area contributed by atoms with Crippen molar-refractivity contribution < 1.29 is 10.2 Å². The van der Waals surface area contributed by atoms with E-state index in [-0.39, 0.29) is 21.5 Å². The van der Waals surface area contributed by atoms with Crippen LogP contribution in [0.2, 0.25) is 15.1 Å². The monoisotopic (exact) mass is 524 g/mol. The van der Waals surface area contributed by atoms with E-state index in [4.69, 9.17) is 39.9 Å². The number of benzene rings is 2. The van der Waals surface area contributed by atoms with Crippen LogP contribution in [-0.2, 0) is 0 Å². The third-order valence-electron chi connectivity index (χ3n) is 1.96. The van der Waals surface area contributed by atoms with Crippen molar-refractivity contribution in [3.05, 3.63) is 52.8 Å². The predicted octanol–water partition coefficient (Wildman–Crippen LogP) is 7.03. The maximum atomic E-state index is 9.22. The van der Waals surface area contributed by atoms with Gasteiger partial charge in [0.25, 0.3) is 0 Å². The van der Waals surface area contributed by atoms with Crippen LogP contribution in [0.1, 0.15) is 0 Å². The van der Waals surface area contributed by atoms with E-state index in [0.29, 0.717) is 14.0 Å². The molecule has 2 aromatic carbocycles. The highest BCUT2D eigenvalue weighted by atomic mass is 79.9. The van der Waals surface area contributed by atoms with Gasteiger partial charge in [-0.3, -0.25) is 0 Å². The fourth-order valence-corrected chi connectivity index (χ4v) is 4.14. The molecule has 0 aromatic heterocycles. The molecule has 0 heterocycles. The van der Waals surface area contributed by atoms with Crippen molar-refractivity contribution in [2.45, 2.75) is 0 Å². The van der Waals surface area contributed by atoms with Gasteiger partial charge >= 0.3 is 0 Å². The van der Waals surface area contributed by atoms with Gasteiger partial charge in [0.05, 0.1) is 19.0 Å². The molecule has 20 heavy (non-hydrogen) atoms. The molecule has 0 aliphatic heterocycles. The summed E-state index contributed by atoms with van der Waals surface area (Å²) in [6.07, 6.45) is 0. The minimum absolute atomic E-state index is 0.132. The third-order valence-corrected chi connectivity index (χ3v) is 4.42. The van der Waals surface area contributed by atoms with Gasteiger partial charge in [0.15, 0.2) is 5.75 Å². The molecule has 0 radical (unpaired) electrons. The van der Waals surface area contributed by atoms with Crippen LogP contribution in [0, 0.1) is 0 Å². The number of hydrogen-bond donors (Lipinski definition) is 2. The molecule has 108 valence electrons. The smallest absolute Gasteiger partial charge is 0.152 e. The Morgan fingerprint density at radius 3 is 1.50 bits per heavy atom. The minimum atomic E-state index is -0.132. The van der Waals surface area contributed by atoms with E-state index >= 15 is 0 Å². The average Bonchev–Trinajstić information content (AvgIpc) is 2.33. The van der Waals surface area contributed by atoms with Crippen LogP contribution in [0.25, 0.3) is 0 Å². The van der Waals surface area contributed by atoms with Gasteiger partial charge in [0.2, 0.25) is 0 Å². The summed E-state index contributed by atoms with van der Waals surface area (Å²) in [5.41, 5.74) is 0. The van der Waals surface area contributed by atoms with Crippen LogP contribution in [0.5, 0.6) is 11.5 Å². The van der Waals surface area contributed by atoms with E-state index in [2.05, 4.69) is 47.8 Å². The summed E-state index contributed by atoms with van der Waals surface area (Å²) in [4.78, 5) is 0. The molecule has 0 unspecified atom stereocenters. The number of halogens is 6. The van der Waals surface area contributed by atoms with Crippen molar-refractivity contribution in [1.82, 2.24) is 0 Å². The Balaban J connectivity index is 0.000000200. The fraction of sp³-hybridized carbons (Fsp3) is 0. The normalized spacial score (nSPS) is 9.90. The van der Waals surface area contributed by atoms with Crippen molar-refractivity contribution in [3.8, 4) is 11.5 Å². The second kappa shape index (κ2) is 8.11. The second-order valence-electron chi connectivity index (χ2n) is 3.44. The van der Waals surface area contributed by atoms with Crippen LogP contribution < -0.4 is 0 Å². The summed E-state index contributed by atoms with van der Waals surface area (Å²) in [6, 6.07) is 6.40. The first-order chi connectivity index (χ1) is 9.22. The number of phenols is 2. The lowest BCUT2D eigenvalue weighted by Gasteiger charge is -1.99. The lowest BCUT2D eigenvalue weighted by Crippen LogP contribution is -1.71. The standard InChI is InChI=1S/C6H3Br3O.C6H3Cl3O/c2*7-3-1-4(8)6(10)5(9)2-3/h2*1-2,10H. The lowest BCUT2D eigenvalue weighted by atomic mass is 10.3. The molecule has 8 heteroatoms. The summed E-state index contributed by atoms with van der Waals surface area (Å²) >= 11 is 26.2. The zero-order valence-electron chi connectivity index (χ0n) is 9.47. The van der Waals surface area contributed by atoms with Gasteiger partial charge in [0, 0.05) is 9.50 Å². The molecule has 2 nitrogen and oxygen atoms in total. The highest BCUT2D eigenvalue weighted by Crippen LogP contribution is 2.35. The molecule has 0 aliphatic rings. The lowest BCUT2D eigenvalue weighted by molar-refractivity contribution is 0.468. The van der Waals surface area contributed by atoms with Crippen LogP contribution in [0.3, 0.4) is 0 Å². The maximum absolute atomic E-state index is 9.22. The predicted molar refractivity (Wildman–Crippen MR) is 94.3 cm³/mol. The van der Waals surface area contributed by atoms with Gasteiger partial charge in [-0.2, -0.15) is 0 Å². The Morgan fingerprint density at radius 2 is 1.10 bits per heavy atom. The molecule has 0 atom stereocenters. The molecule has 2 aromatic rings. The van der Waals surface area contributed by atoms with Gasteiger partial charge in [-0.15, -0.1) is 0 Å². The van der Waals surface area contributed by atoms with Crippen molar-refractivity contribution in [3.63, 3.8) is 0 Å². The van der Waals surface area contributed by atoms with Crippen LogP contribution >= 0.6 is 82.6 Å². The van der Waals surface area contributed by atoms with Crippen LogP contribution in [-0.4, -0.2) is 10.2 Å². The molecule has 2 N–H and O–H groups in total. The molecule has 0 saturated heterocycles. The first-order valence-electron chi connectivity index (χ1n) is 4.89. The largest absolute Gasteiger partial charge is 0.506 e. The van der Waals surface area contributed by atoms with Gasteiger partial charge in [-0.25, -0.2) is 0 Å². The van der Waals surface area contributed by atoms with Crippen molar-refractivity contribution in [1.29, 1.82) is 0 Å². The van der Waals surface area contributed by atoms with Gasteiger partial charge in [-0.05, 0) is 56.1 Å². The molecule has 0 saturated carbocycles. The quantitative estimate of drug-likeness (QED) is 0.386. The van der Waals surface area contributed by atoms with Gasteiger partial charge < -0.3 is 10.2 Å². The van der Waals surface area contributed by atoms with Crippen LogP contribution in [0.15, 0.2) is 37.7 Å². The van der Waals surface area contributed by atoms with Crippen molar-refractivity contribution in [2.24, 2.45) is 0 Å². The van der Waals surface area contributed by atoms with Crippen molar-refractivity contribution >= 4 is 82.6 Å². The molecule has 0 aliphatic carbocycles. The second-order valence-corrected chi connectivity index (χ2v) is 7.31. The number of hydrogen-bond acceptors (Lipinski definition) is 2. The van der Waals surface area contributed by atoms with Gasteiger partial charge in [-0.1, -0.05) is 50.7 Å². The van der Waals surface area contributed by atoms with Crippen molar-refractivity contribution in [2.75, 3.05) is 0 Å². The van der Waals surface area contributed by atoms with Gasteiger partial charge in [0.1, 0.15) is 5.75 Å². The number of aromatic hydroxyl groups is 2. The first kappa shape index (κ1) is 18.4. The van der Waals surface area contributed by atoms with Crippen LogP contribution in [0.4, 0.5) is 0 Å². The third kappa shape index (κ3) is 5.28. The Bertz CT molecular complexity index is 534. The SMILES string of the molecule is Oc1c(Br)cc(Br)cc1Br.Oc1c(Cl)cc(Cl)cc1Cl. The molecule has 0 bridgehead atoms. The molecule has 2 rings (SSSR count). The Morgan fingerprint density at radius 1 is 0.700 bits per heavy atom. The summed E-state index contributed by atoms with van der Waals surface area (Å²) in [6.45, 7) is 0. The van der Waals surface area contributed by atoms with E-state index in [9.17, 15) is 5.11 Å².